The molecule has 0 aliphatic carbocycles. The first kappa shape index (κ1) is 14.5. The molecule has 0 spiro atoms. The predicted octanol–water partition coefficient (Wildman–Crippen LogP) is 3.31. The fourth-order valence-electron chi connectivity index (χ4n) is 3.14. The molecule has 0 radical (unpaired) electrons. The number of rotatable bonds is 4. The molecule has 3 aromatic rings. The van der Waals surface area contributed by atoms with Crippen molar-refractivity contribution >= 4 is 5.97 Å². The highest BCUT2D eigenvalue weighted by atomic mass is 16.5. The summed E-state index contributed by atoms with van der Waals surface area (Å²) in [4.78, 5) is 17.0. The number of carbonyl (C=O) groups excluding carboxylic acids is 1. The molecule has 0 amide bonds. The number of hydrogen-bond acceptors (Lipinski definition) is 3. The lowest BCUT2D eigenvalue weighted by Gasteiger charge is -2.24. The maximum absolute atomic E-state index is 12.9. The molecule has 2 heterocycles. The van der Waals surface area contributed by atoms with E-state index in [9.17, 15) is 4.79 Å². The SMILES string of the molecule is O=C1OC(Cn2ccnc2)=CC1(c1ccccc1)c1ccccc1. The summed E-state index contributed by atoms with van der Waals surface area (Å²) in [6.07, 6.45) is 7.19. The van der Waals surface area contributed by atoms with E-state index in [1.54, 1.807) is 12.5 Å². The first-order chi connectivity index (χ1) is 11.8. The van der Waals surface area contributed by atoms with Crippen LogP contribution in [-0.4, -0.2) is 15.5 Å². The number of benzene rings is 2. The molecule has 0 saturated carbocycles. The lowest BCUT2D eigenvalue weighted by Crippen LogP contribution is -2.32. The minimum absolute atomic E-state index is 0.269. The second-order valence-corrected chi connectivity index (χ2v) is 5.78. The quantitative estimate of drug-likeness (QED) is 0.694. The predicted molar refractivity (Wildman–Crippen MR) is 90.1 cm³/mol. The summed E-state index contributed by atoms with van der Waals surface area (Å²) in [5.74, 6) is 0.362. The number of imidazole rings is 1. The molecule has 0 fully saturated rings. The van der Waals surface area contributed by atoms with Crippen molar-refractivity contribution in [3.05, 3.63) is 102 Å². The van der Waals surface area contributed by atoms with Crippen LogP contribution in [-0.2, 0) is 21.5 Å². The monoisotopic (exact) mass is 316 g/mol. The van der Waals surface area contributed by atoms with Gasteiger partial charge in [-0.3, -0.25) is 0 Å². The van der Waals surface area contributed by atoms with Crippen LogP contribution in [0.25, 0.3) is 0 Å². The van der Waals surface area contributed by atoms with Gasteiger partial charge < -0.3 is 9.30 Å². The van der Waals surface area contributed by atoms with Crippen molar-refractivity contribution in [2.75, 3.05) is 0 Å². The summed E-state index contributed by atoms with van der Waals surface area (Å²) in [7, 11) is 0. The van der Waals surface area contributed by atoms with Gasteiger partial charge in [0.05, 0.1) is 12.9 Å². The molecular formula is C20H16N2O2. The van der Waals surface area contributed by atoms with E-state index in [1.807, 2.05) is 77.5 Å². The molecule has 1 aromatic heterocycles. The molecule has 0 unspecified atom stereocenters. The van der Waals surface area contributed by atoms with Crippen LogP contribution in [0.15, 0.2) is 91.2 Å². The first-order valence-corrected chi connectivity index (χ1v) is 7.80. The average molecular weight is 316 g/mol. The van der Waals surface area contributed by atoms with Gasteiger partial charge in [-0.05, 0) is 17.2 Å². The highest BCUT2D eigenvalue weighted by Crippen LogP contribution is 2.41. The fraction of sp³-hybridized carbons (Fsp3) is 0.100. The molecule has 2 aromatic carbocycles. The standard InChI is InChI=1S/C20H16N2O2/c23-19-20(16-7-3-1-4-8-16,17-9-5-2-6-10-17)13-18(24-19)14-22-12-11-21-15-22/h1-13,15H,14H2. The van der Waals surface area contributed by atoms with E-state index in [1.165, 1.54) is 0 Å². The number of esters is 1. The van der Waals surface area contributed by atoms with Crippen molar-refractivity contribution in [1.29, 1.82) is 0 Å². The highest BCUT2D eigenvalue weighted by molar-refractivity contribution is 5.93. The maximum Gasteiger partial charge on any atom is 0.330 e. The van der Waals surface area contributed by atoms with E-state index in [4.69, 9.17) is 4.74 Å². The van der Waals surface area contributed by atoms with Gasteiger partial charge in [0.15, 0.2) is 0 Å². The van der Waals surface area contributed by atoms with E-state index in [0.717, 1.165) is 11.1 Å². The van der Waals surface area contributed by atoms with E-state index in [-0.39, 0.29) is 5.97 Å². The van der Waals surface area contributed by atoms with Gasteiger partial charge in [0.25, 0.3) is 0 Å². The first-order valence-electron chi connectivity index (χ1n) is 7.80. The lowest BCUT2D eigenvalue weighted by molar-refractivity contribution is -0.140. The Labute approximate surface area is 140 Å². The number of ether oxygens (including phenoxy) is 1. The Kier molecular flexibility index (Phi) is 3.50. The van der Waals surface area contributed by atoms with Crippen molar-refractivity contribution in [1.82, 2.24) is 9.55 Å². The number of carbonyl (C=O) groups is 1. The normalized spacial score (nSPS) is 15.8. The Morgan fingerprint density at radius 1 is 0.958 bits per heavy atom. The minimum atomic E-state index is -0.904. The summed E-state index contributed by atoms with van der Waals surface area (Å²) < 4.78 is 7.51. The third kappa shape index (κ3) is 2.33. The Balaban J connectivity index is 1.84. The van der Waals surface area contributed by atoms with Gasteiger partial charge in [-0.25, -0.2) is 9.78 Å². The Hall–Kier alpha value is -3.14. The molecule has 24 heavy (non-hydrogen) atoms. The maximum atomic E-state index is 12.9. The Morgan fingerprint density at radius 3 is 2.12 bits per heavy atom. The van der Waals surface area contributed by atoms with E-state index >= 15 is 0 Å². The molecule has 4 heteroatoms. The van der Waals surface area contributed by atoms with Crippen LogP contribution in [0, 0.1) is 0 Å². The van der Waals surface area contributed by atoms with Crippen LogP contribution >= 0.6 is 0 Å². The molecule has 0 atom stereocenters. The Bertz CT molecular complexity index is 829. The van der Waals surface area contributed by atoms with Gasteiger partial charge in [0, 0.05) is 12.4 Å². The molecule has 1 aliphatic heterocycles. The molecule has 0 bridgehead atoms. The minimum Gasteiger partial charge on any atom is -0.428 e. The van der Waals surface area contributed by atoms with Crippen LogP contribution in [0.1, 0.15) is 11.1 Å². The van der Waals surface area contributed by atoms with Gasteiger partial charge in [0.2, 0.25) is 0 Å². The lowest BCUT2D eigenvalue weighted by atomic mass is 9.75. The van der Waals surface area contributed by atoms with E-state index in [2.05, 4.69) is 4.98 Å². The summed E-state index contributed by atoms with van der Waals surface area (Å²) in [6.45, 7) is 0.479. The van der Waals surface area contributed by atoms with E-state index < -0.39 is 5.41 Å². The molecule has 4 rings (SSSR count). The van der Waals surface area contributed by atoms with E-state index in [0.29, 0.717) is 12.3 Å². The molecule has 4 nitrogen and oxygen atoms in total. The fourth-order valence-corrected chi connectivity index (χ4v) is 3.14. The van der Waals surface area contributed by atoms with Crippen molar-refractivity contribution < 1.29 is 9.53 Å². The van der Waals surface area contributed by atoms with Crippen LogP contribution in [0.3, 0.4) is 0 Å². The summed E-state index contributed by atoms with van der Waals surface area (Å²) >= 11 is 0. The summed E-state index contributed by atoms with van der Waals surface area (Å²) in [6, 6.07) is 19.5. The third-order valence-electron chi connectivity index (χ3n) is 4.28. The van der Waals surface area contributed by atoms with Gasteiger partial charge in [-0.2, -0.15) is 0 Å². The van der Waals surface area contributed by atoms with Gasteiger partial charge in [-0.1, -0.05) is 60.7 Å². The number of cyclic esters (lactones) is 1. The van der Waals surface area contributed by atoms with Crippen molar-refractivity contribution in [3.63, 3.8) is 0 Å². The molecule has 0 N–H and O–H groups in total. The second kappa shape index (κ2) is 5.81. The Morgan fingerprint density at radius 2 is 1.58 bits per heavy atom. The zero-order valence-corrected chi connectivity index (χ0v) is 13.0. The number of allylic oxidation sites excluding steroid dienone is 1. The van der Waals surface area contributed by atoms with Crippen LogP contribution in [0.2, 0.25) is 0 Å². The third-order valence-corrected chi connectivity index (χ3v) is 4.28. The number of nitrogens with zero attached hydrogens (tertiary/aromatic N) is 2. The van der Waals surface area contributed by atoms with Crippen LogP contribution in [0.4, 0.5) is 0 Å². The zero-order chi connectivity index (χ0) is 16.4. The molecule has 0 saturated heterocycles. The molecule has 118 valence electrons. The summed E-state index contributed by atoms with van der Waals surface area (Å²) in [5, 5.41) is 0. The second-order valence-electron chi connectivity index (χ2n) is 5.78. The zero-order valence-electron chi connectivity index (χ0n) is 13.0. The van der Waals surface area contributed by atoms with Gasteiger partial charge in [0.1, 0.15) is 11.2 Å². The van der Waals surface area contributed by atoms with Crippen LogP contribution < -0.4 is 0 Å². The topological polar surface area (TPSA) is 44.1 Å². The average Bonchev–Trinajstić information content (AvgIpc) is 3.25. The van der Waals surface area contributed by atoms with Crippen LogP contribution in [0.5, 0.6) is 0 Å². The largest absolute Gasteiger partial charge is 0.428 e. The van der Waals surface area contributed by atoms with Crippen molar-refractivity contribution in [3.8, 4) is 0 Å². The van der Waals surface area contributed by atoms with Gasteiger partial charge in [-0.15, -0.1) is 0 Å². The van der Waals surface area contributed by atoms with Gasteiger partial charge >= 0.3 is 5.97 Å². The van der Waals surface area contributed by atoms with Crippen molar-refractivity contribution in [2.45, 2.75) is 12.0 Å². The number of aromatic nitrogens is 2. The molecule has 1 aliphatic rings. The highest BCUT2D eigenvalue weighted by Gasteiger charge is 2.47. The summed E-state index contributed by atoms with van der Waals surface area (Å²) in [5.41, 5.74) is 0.905. The smallest absolute Gasteiger partial charge is 0.330 e. The van der Waals surface area contributed by atoms with Crippen molar-refractivity contribution in [2.24, 2.45) is 0 Å². The molecular weight excluding hydrogens is 300 g/mol. The number of hydrogen-bond donors (Lipinski definition) is 0.